The molecule has 8 nitrogen and oxygen atoms in total. The number of ether oxygens (including phenoxy) is 1. The number of amidine groups is 1. The maximum absolute atomic E-state index is 12.7. The SMILES string of the molecule is CN1C(=O)C2C(=NC3=[N+]2CCN3c2ccc(OCc3ccccc3Cl)cc2)N(C)C1=O. The molecular weight excluding hydrogens is 418 g/mol. The van der Waals surface area contributed by atoms with Crippen LogP contribution >= 0.6 is 11.6 Å². The Morgan fingerprint density at radius 3 is 2.58 bits per heavy atom. The van der Waals surface area contributed by atoms with Gasteiger partial charge in [-0.05, 0) is 30.3 Å². The maximum atomic E-state index is 12.7. The van der Waals surface area contributed by atoms with E-state index in [2.05, 4.69) is 9.89 Å². The predicted molar refractivity (Wildman–Crippen MR) is 117 cm³/mol. The van der Waals surface area contributed by atoms with Crippen LogP contribution < -0.4 is 9.64 Å². The number of fused-ring (bicyclic) bond motifs is 2. The smallest absolute Gasteiger partial charge is 0.397 e. The molecule has 1 saturated heterocycles. The minimum Gasteiger partial charge on any atom is -0.489 e. The second kappa shape index (κ2) is 7.39. The van der Waals surface area contributed by atoms with Crippen LogP contribution in [-0.2, 0) is 11.4 Å². The summed E-state index contributed by atoms with van der Waals surface area (Å²) in [6.07, 6.45) is 0. The van der Waals surface area contributed by atoms with Crippen LogP contribution in [0.15, 0.2) is 53.5 Å². The molecule has 1 atom stereocenters. The first-order chi connectivity index (χ1) is 15.0. The Morgan fingerprint density at radius 1 is 1.10 bits per heavy atom. The fourth-order valence-corrected chi connectivity index (χ4v) is 4.27. The Bertz CT molecular complexity index is 1140. The highest BCUT2D eigenvalue weighted by Gasteiger charge is 2.54. The average molecular weight is 439 g/mol. The normalized spacial score (nSPS) is 20.3. The van der Waals surface area contributed by atoms with E-state index in [1.54, 1.807) is 7.05 Å². The number of urea groups is 1. The van der Waals surface area contributed by atoms with Gasteiger partial charge in [0.2, 0.25) is 11.9 Å². The Hall–Kier alpha value is -3.39. The van der Waals surface area contributed by atoms with Crippen molar-refractivity contribution in [2.45, 2.75) is 12.6 Å². The maximum Gasteiger partial charge on any atom is 0.397 e. The van der Waals surface area contributed by atoms with Crippen molar-refractivity contribution in [2.75, 3.05) is 32.1 Å². The zero-order chi connectivity index (χ0) is 21.7. The summed E-state index contributed by atoms with van der Waals surface area (Å²) in [5.74, 6) is 1.65. The van der Waals surface area contributed by atoms with E-state index < -0.39 is 6.04 Å². The molecule has 3 amide bonds. The highest BCUT2D eigenvalue weighted by molar-refractivity contribution is 6.31. The number of guanidine groups is 1. The molecule has 0 aromatic heterocycles. The molecule has 1 unspecified atom stereocenters. The van der Waals surface area contributed by atoms with Crippen molar-refractivity contribution in [3.8, 4) is 5.75 Å². The zero-order valence-corrected chi connectivity index (χ0v) is 17.9. The Kier molecular flexibility index (Phi) is 4.66. The van der Waals surface area contributed by atoms with Crippen molar-refractivity contribution in [1.29, 1.82) is 0 Å². The van der Waals surface area contributed by atoms with Gasteiger partial charge in [0.25, 0.3) is 5.91 Å². The number of rotatable bonds is 4. The summed E-state index contributed by atoms with van der Waals surface area (Å²) in [6, 6.07) is 14.4. The van der Waals surface area contributed by atoms with Crippen molar-refractivity contribution in [2.24, 2.45) is 4.99 Å². The molecule has 31 heavy (non-hydrogen) atoms. The average Bonchev–Trinajstić information content (AvgIpc) is 3.36. The lowest BCUT2D eigenvalue weighted by atomic mass is 10.1. The van der Waals surface area contributed by atoms with Crippen LogP contribution in [0.2, 0.25) is 5.02 Å². The van der Waals surface area contributed by atoms with E-state index in [9.17, 15) is 9.59 Å². The highest BCUT2D eigenvalue weighted by Crippen LogP contribution is 2.28. The molecule has 3 aliphatic rings. The number of likely N-dealkylation sites (N-methyl/N-ethyl adjacent to an activating group) is 2. The molecule has 2 aromatic rings. The van der Waals surface area contributed by atoms with Crippen molar-refractivity contribution in [1.82, 2.24) is 9.80 Å². The second-order valence-corrected chi connectivity index (χ2v) is 8.04. The first-order valence-electron chi connectivity index (χ1n) is 9.97. The van der Waals surface area contributed by atoms with Gasteiger partial charge in [-0.25, -0.2) is 14.3 Å². The standard InChI is InChI=1S/C22H21ClN5O3/c1-25-19-18(20(29)26(2)22(25)30)28-12-11-27(21(28)24-19)15-7-9-16(10-8-15)31-13-14-5-3-4-6-17(14)23/h3-10,18H,11-13H2,1-2H3/q+1. The number of hydrogen-bond donors (Lipinski definition) is 0. The summed E-state index contributed by atoms with van der Waals surface area (Å²) < 4.78 is 7.82. The molecule has 0 bridgehead atoms. The van der Waals surface area contributed by atoms with Crippen molar-refractivity contribution in [3.05, 3.63) is 59.1 Å². The third kappa shape index (κ3) is 3.14. The predicted octanol–water partition coefficient (Wildman–Crippen LogP) is 2.41. The number of carbonyl (C=O) groups is 2. The topological polar surface area (TPSA) is 68.5 Å². The summed E-state index contributed by atoms with van der Waals surface area (Å²) in [6.45, 7) is 1.75. The lowest BCUT2D eigenvalue weighted by Crippen LogP contribution is -2.61. The quantitative estimate of drug-likeness (QED) is 0.687. The number of anilines is 1. The van der Waals surface area contributed by atoms with Gasteiger partial charge in [0.05, 0.1) is 6.54 Å². The Labute approximate surface area is 184 Å². The van der Waals surface area contributed by atoms with Crippen molar-refractivity contribution in [3.63, 3.8) is 0 Å². The third-order valence-electron chi connectivity index (χ3n) is 5.82. The van der Waals surface area contributed by atoms with Gasteiger partial charge in [0.1, 0.15) is 24.6 Å². The number of aliphatic imine (C=N–C) groups is 1. The third-order valence-corrected chi connectivity index (χ3v) is 6.18. The van der Waals surface area contributed by atoms with E-state index in [1.807, 2.05) is 53.1 Å². The van der Waals surface area contributed by atoms with E-state index in [4.69, 9.17) is 16.3 Å². The van der Waals surface area contributed by atoms with Gasteiger partial charge < -0.3 is 4.74 Å². The Balaban J connectivity index is 1.35. The lowest BCUT2D eigenvalue weighted by molar-refractivity contribution is -0.525. The number of hydrogen-bond acceptors (Lipinski definition) is 5. The van der Waals surface area contributed by atoms with Crippen molar-refractivity contribution >= 4 is 41.0 Å². The highest BCUT2D eigenvalue weighted by atomic mass is 35.5. The van der Waals surface area contributed by atoms with E-state index in [0.717, 1.165) is 21.9 Å². The van der Waals surface area contributed by atoms with Gasteiger partial charge >= 0.3 is 12.0 Å². The number of halogens is 1. The number of carbonyl (C=O) groups excluding carboxylic acids is 2. The second-order valence-electron chi connectivity index (χ2n) is 7.63. The van der Waals surface area contributed by atoms with E-state index in [-0.39, 0.29) is 11.9 Å². The molecule has 0 N–H and O–H groups in total. The molecule has 3 aliphatic heterocycles. The van der Waals surface area contributed by atoms with Crippen LogP contribution in [-0.4, -0.2) is 71.3 Å². The van der Waals surface area contributed by atoms with Crippen LogP contribution in [0.1, 0.15) is 5.56 Å². The summed E-state index contributed by atoms with van der Waals surface area (Å²) in [5.41, 5.74) is 1.87. The fraction of sp³-hybridized carbons (Fsp3) is 0.273. The number of amides is 3. The molecular formula is C22H21ClN5O3+. The summed E-state index contributed by atoms with van der Waals surface area (Å²) in [4.78, 5) is 34.3. The van der Waals surface area contributed by atoms with Crippen LogP contribution in [0.4, 0.5) is 10.5 Å². The number of benzene rings is 2. The van der Waals surface area contributed by atoms with E-state index in [1.165, 1.54) is 11.9 Å². The molecule has 0 saturated carbocycles. The number of nitrogens with zero attached hydrogens (tertiary/aromatic N) is 5. The largest absolute Gasteiger partial charge is 0.489 e. The minimum atomic E-state index is -0.550. The van der Waals surface area contributed by atoms with Crippen LogP contribution in [0.5, 0.6) is 5.75 Å². The Morgan fingerprint density at radius 2 is 1.84 bits per heavy atom. The molecule has 5 rings (SSSR count). The van der Waals surface area contributed by atoms with Crippen LogP contribution in [0.3, 0.4) is 0 Å². The lowest BCUT2D eigenvalue weighted by Gasteiger charge is -2.31. The van der Waals surface area contributed by atoms with Gasteiger partial charge in [-0.1, -0.05) is 34.8 Å². The molecule has 158 valence electrons. The molecule has 9 heteroatoms. The van der Waals surface area contributed by atoms with E-state index >= 15 is 0 Å². The van der Waals surface area contributed by atoms with Gasteiger partial charge in [-0.3, -0.25) is 14.6 Å². The van der Waals surface area contributed by atoms with Gasteiger partial charge in [-0.2, -0.15) is 0 Å². The number of imide groups is 1. The molecule has 0 aliphatic carbocycles. The molecule has 1 fully saturated rings. The fourth-order valence-electron chi connectivity index (χ4n) is 4.08. The molecule has 0 radical (unpaired) electrons. The van der Waals surface area contributed by atoms with Gasteiger partial charge in [0.15, 0.2) is 0 Å². The molecule has 2 aromatic carbocycles. The molecule has 0 spiro atoms. The first kappa shape index (κ1) is 19.6. The van der Waals surface area contributed by atoms with Crippen molar-refractivity contribution < 1.29 is 18.9 Å². The van der Waals surface area contributed by atoms with Crippen LogP contribution in [0, 0.1) is 0 Å². The minimum absolute atomic E-state index is 0.248. The zero-order valence-electron chi connectivity index (χ0n) is 17.2. The van der Waals surface area contributed by atoms with Gasteiger partial charge in [-0.15, -0.1) is 0 Å². The monoisotopic (exact) mass is 438 g/mol. The van der Waals surface area contributed by atoms with Crippen LogP contribution in [0.25, 0.3) is 0 Å². The molecule has 3 heterocycles. The summed E-state index contributed by atoms with van der Waals surface area (Å²) in [5, 5.41) is 0.679. The first-order valence-corrected chi connectivity index (χ1v) is 10.3. The summed E-state index contributed by atoms with van der Waals surface area (Å²) in [7, 11) is 3.15. The summed E-state index contributed by atoms with van der Waals surface area (Å²) >= 11 is 6.19. The van der Waals surface area contributed by atoms with Gasteiger partial charge in [0, 0.05) is 24.7 Å². The van der Waals surface area contributed by atoms with E-state index in [0.29, 0.717) is 36.5 Å².